The van der Waals surface area contributed by atoms with Gasteiger partial charge in [0, 0.05) is 13.2 Å². The maximum atomic E-state index is 11.5. The minimum atomic E-state index is -0.364. The number of hydrogen-bond donors (Lipinski definition) is 1. The molecule has 2 aromatic rings. The number of carbonyl (C=O) groups excluding carboxylic acids is 2. The summed E-state index contributed by atoms with van der Waals surface area (Å²) in [5, 5.41) is 2.48. The summed E-state index contributed by atoms with van der Waals surface area (Å²) < 4.78 is 5.73. The second-order valence-corrected chi connectivity index (χ2v) is 6.92. The van der Waals surface area contributed by atoms with Gasteiger partial charge in [0.1, 0.15) is 18.2 Å². The Hall–Kier alpha value is -2.51. The number of amides is 2. The molecular weight excluding hydrogens is 374 g/mol. The Balaban J connectivity index is 1.53. The Bertz CT molecular complexity index is 855. The van der Waals surface area contributed by atoms with Crippen LogP contribution in [0.3, 0.4) is 0 Å². The van der Waals surface area contributed by atoms with Crippen LogP contribution in [-0.2, 0) is 4.79 Å². The standard InChI is InChI=1S/C18H16ClN3O3S/c1-22(16-14(19)3-2-8-20-16)9-10-25-13-6-4-12(5-7-13)11-15-17(23)21-18(24)26-15/h2-8,11H,9-10H2,1H3,(H,21,23,24)/b15-11-. The predicted octanol–water partition coefficient (Wildman–Crippen LogP) is 3.57. The molecule has 0 saturated carbocycles. The first-order valence-electron chi connectivity index (χ1n) is 7.82. The van der Waals surface area contributed by atoms with Gasteiger partial charge in [0.15, 0.2) is 0 Å². The zero-order chi connectivity index (χ0) is 18.5. The summed E-state index contributed by atoms with van der Waals surface area (Å²) in [7, 11) is 1.90. The van der Waals surface area contributed by atoms with E-state index in [1.807, 2.05) is 36.2 Å². The highest BCUT2D eigenvalue weighted by atomic mass is 35.5. The highest BCUT2D eigenvalue weighted by molar-refractivity contribution is 8.18. The molecule has 0 unspecified atom stereocenters. The number of imide groups is 1. The van der Waals surface area contributed by atoms with Crippen LogP contribution >= 0.6 is 23.4 Å². The molecule has 0 radical (unpaired) electrons. The first-order valence-corrected chi connectivity index (χ1v) is 9.02. The predicted molar refractivity (Wildman–Crippen MR) is 104 cm³/mol. The third-order valence-corrected chi connectivity index (χ3v) is 4.72. The number of hydrogen-bond acceptors (Lipinski definition) is 6. The fraction of sp³-hybridized carbons (Fsp3) is 0.167. The van der Waals surface area contributed by atoms with Gasteiger partial charge in [-0.3, -0.25) is 14.9 Å². The molecular formula is C18H16ClN3O3S. The number of nitrogens with one attached hydrogen (secondary N) is 1. The van der Waals surface area contributed by atoms with E-state index in [-0.39, 0.29) is 11.1 Å². The fourth-order valence-electron chi connectivity index (χ4n) is 2.30. The molecule has 1 aromatic heterocycles. The van der Waals surface area contributed by atoms with Gasteiger partial charge in [0.05, 0.1) is 16.5 Å². The van der Waals surface area contributed by atoms with Gasteiger partial charge < -0.3 is 9.64 Å². The van der Waals surface area contributed by atoms with Gasteiger partial charge in [0.2, 0.25) is 0 Å². The molecule has 1 aliphatic heterocycles. The summed E-state index contributed by atoms with van der Waals surface area (Å²) in [4.78, 5) is 29.3. The Morgan fingerprint density at radius 3 is 2.69 bits per heavy atom. The Labute approximate surface area is 160 Å². The molecule has 0 atom stereocenters. The van der Waals surface area contributed by atoms with Crippen molar-refractivity contribution in [1.29, 1.82) is 0 Å². The van der Waals surface area contributed by atoms with E-state index in [2.05, 4.69) is 10.3 Å². The molecule has 134 valence electrons. The Morgan fingerprint density at radius 2 is 2.04 bits per heavy atom. The van der Waals surface area contributed by atoms with Crippen molar-refractivity contribution in [3.8, 4) is 5.75 Å². The van der Waals surface area contributed by atoms with Crippen molar-refractivity contribution in [3.05, 3.63) is 58.1 Å². The molecule has 1 saturated heterocycles. The summed E-state index contributed by atoms with van der Waals surface area (Å²) in [6, 6.07) is 10.9. The maximum absolute atomic E-state index is 11.5. The van der Waals surface area contributed by atoms with E-state index >= 15 is 0 Å². The molecule has 3 rings (SSSR count). The summed E-state index contributed by atoms with van der Waals surface area (Å²) >= 11 is 7.02. The number of halogens is 1. The third kappa shape index (κ3) is 4.56. The normalized spacial score (nSPS) is 15.2. The van der Waals surface area contributed by atoms with Crippen LogP contribution in [0.2, 0.25) is 5.02 Å². The molecule has 1 aromatic carbocycles. The first-order chi connectivity index (χ1) is 12.5. The average Bonchev–Trinajstić information content (AvgIpc) is 2.94. The van der Waals surface area contributed by atoms with Gasteiger partial charge in [-0.15, -0.1) is 0 Å². The van der Waals surface area contributed by atoms with E-state index in [0.717, 1.165) is 17.3 Å². The lowest BCUT2D eigenvalue weighted by Gasteiger charge is -2.19. The number of rotatable bonds is 6. The summed E-state index contributed by atoms with van der Waals surface area (Å²) in [5.41, 5.74) is 0.821. The number of thioether (sulfide) groups is 1. The lowest BCUT2D eigenvalue weighted by molar-refractivity contribution is -0.115. The van der Waals surface area contributed by atoms with Gasteiger partial charge in [0.25, 0.3) is 11.1 Å². The lowest BCUT2D eigenvalue weighted by Crippen LogP contribution is -2.24. The molecule has 8 heteroatoms. The highest BCUT2D eigenvalue weighted by Crippen LogP contribution is 2.26. The number of aromatic nitrogens is 1. The van der Waals surface area contributed by atoms with Crippen molar-refractivity contribution in [1.82, 2.24) is 10.3 Å². The number of carbonyl (C=O) groups is 2. The second-order valence-electron chi connectivity index (χ2n) is 5.50. The minimum Gasteiger partial charge on any atom is -0.492 e. The number of nitrogens with zero attached hydrogens (tertiary/aromatic N) is 2. The van der Waals surface area contributed by atoms with Crippen LogP contribution in [0, 0.1) is 0 Å². The quantitative estimate of drug-likeness (QED) is 0.761. The zero-order valence-corrected chi connectivity index (χ0v) is 15.5. The Kier molecular flexibility index (Phi) is 5.80. The van der Waals surface area contributed by atoms with E-state index in [9.17, 15) is 9.59 Å². The van der Waals surface area contributed by atoms with E-state index in [0.29, 0.717) is 34.6 Å². The molecule has 0 spiro atoms. The van der Waals surface area contributed by atoms with E-state index < -0.39 is 0 Å². The van der Waals surface area contributed by atoms with Gasteiger partial charge >= 0.3 is 0 Å². The van der Waals surface area contributed by atoms with Crippen molar-refractivity contribution in [2.45, 2.75) is 0 Å². The third-order valence-electron chi connectivity index (χ3n) is 3.62. The highest BCUT2D eigenvalue weighted by Gasteiger charge is 2.24. The van der Waals surface area contributed by atoms with Gasteiger partial charge in [-0.1, -0.05) is 23.7 Å². The molecule has 6 nitrogen and oxygen atoms in total. The van der Waals surface area contributed by atoms with Crippen molar-refractivity contribution < 1.29 is 14.3 Å². The monoisotopic (exact) mass is 389 g/mol. The smallest absolute Gasteiger partial charge is 0.290 e. The van der Waals surface area contributed by atoms with Crippen LogP contribution < -0.4 is 15.0 Å². The van der Waals surface area contributed by atoms with E-state index in [4.69, 9.17) is 16.3 Å². The molecule has 1 aliphatic rings. The van der Waals surface area contributed by atoms with Crippen LogP contribution in [0.5, 0.6) is 5.75 Å². The van der Waals surface area contributed by atoms with Crippen LogP contribution in [0.4, 0.5) is 10.6 Å². The minimum absolute atomic E-state index is 0.349. The van der Waals surface area contributed by atoms with Crippen LogP contribution in [0.15, 0.2) is 47.5 Å². The maximum Gasteiger partial charge on any atom is 0.290 e. The number of anilines is 1. The van der Waals surface area contributed by atoms with Crippen molar-refractivity contribution in [2.24, 2.45) is 0 Å². The molecule has 1 N–H and O–H groups in total. The number of benzene rings is 1. The van der Waals surface area contributed by atoms with Crippen LogP contribution in [0.1, 0.15) is 5.56 Å². The fourth-order valence-corrected chi connectivity index (χ4v) is 3.25. The zero-order valence-electron chi connectivity index (χ0n) is 13.9. The van der Waals surface area contributed by atoms with Gasteiger partial charge in [-0.2, -0.15) is 0 Å². The second kappa shape index (κ2) is 8.25. The van der Waals surface area contributed by atoms with Crippen molar-refractivity contribution >= 4 is 46.4 Å². The van der Waals surface area contributed by atoms with Gasteiger partial charge in [-0.25, -0.2) is 4.98 Å². The van der Waals surface area contributed by atoms with Crippen LogP contribution in [0.25, 0.3) is 6.08 Å². The molecule has 2 amide bonds. The number of pyridine rings is 1. The SMILES string of the molecule is CN(CCOc1ccc(/C=C2\SC(=O)NC2=O)cc1)c1ncccc1Cl. The summed E-state index contributed by atoms with van der Waals surface area (Å²) in [5.74, 6) is 1.06. The summed E-state index contributed by atoms with van der Waals surface area (Å²) in [6.45, 7) is 1.10. The largest absolute Gasteiger partial charge is 0.492 e. The van der Waals surface area contributed by atoms with E-state index in [1.165, 1.54) is 0 Å². The molecule has 1 fully saturated rings. The summed E-state index contributed by atoms with van der Waals surface area (Å²) in [6.07, 6.45) is 3.37. The molecule has 2 heterocycles. The Morgan fingerprint density at radius 1 is 1.27 bits per heavy atom. The van der Waals surface area contributed by atoms with Crippen molar-refractivity contribution in [2.75, 3.05) is 25.1 Å². The first kappa shape index (κ1) is 18.3. The number of likely N-dealkylation sites (N-methyl/N-ethyl adjacent to an activating group) is 1. The van der Waals surface area contributed by atoms with Crippen LogP contribution in [-0.4, -0.2) is 36.3 Å². The number of ether oxygens (including phenoxy) is 1. The average molecular weight is 390 g/mol. The molecule has 0 bridgehead atoms. The molecule has 0 aliphatic carbocycles. The lowest BCUT2D eigenvalue weighted by atomic mass is 10.2. The van der Waals surface area contributed by atoms with E-state index in [1.54, 1.807) is 24.4 Å². The van der Waals surface area contributed by atoms with Crippen molar-refractivity contribution in [3.63, 3.8) is 0 Å². The topological polar surface area (TPSA) is 71.5 Å². The molecule has 26 heavy (non-hydrogen) atoms. The van der Waals surface area contributed by atoms with Gasteiger partial charge in [-0.05, 0) is 47.7 Å².